The lowest BCUT2D eigenvalue weighted by molar-refractivity contribution is 0.104. The molecule has 20 heavy (non-hydrogen) atoms. The second-order valence-corrected chi connectivity index (χ2v) is 4.42. The molecule has 98 valence electrons. The van der Waals surface area contributed by atoms with Gasteiger partial charge in [0.05, 0.1) is 0 Å². The Hall–Kier alpha value is -2.55. The number of allylic oxidation sites excluding steroid dienone is 1. The smallest absolute Gasteiger partial charge is 0.185 e. The van der Waals surface area contributed by atoms with E-state index in [1.54, 1.807) is 54.6 Å². The van der Waals surface area contributed by atoms with Crippen molar-refractivity contribution >= 4 is 29.1 Å². The molecule has 0 heterocycles. The number of carbonyl (C=O) groups is 1. The van der Waals surface area contributed by atoms with Crippen LogP contribution in [-0.2, 0) is 0 Å². The van der Waals surface area contributed by atoms with Gasteiger partial charge in [0, 0.05) is 21.2 Å². The van der Waals surface area contributed by atoms with Crippen molar-refractivity contribution in [3.63, 3.8) is 0 Å². The highest BCUT2D eigenvalue weighted by molar-refractivity contribution is 6.30. The number of halogens is 1. The Morgan fingerprint density at radius 1 is 1.10 bits per heavy atom. The summed E-state index contributed by atoms with van der Waals surface area (Å²) >= 11 is 5.77. The predicted molar refractivity (Wildman–Crippen MR) is 80.1 cm³/mol. The number of benzene rings is 2. The summed E-state index contributed by atoms with van der Waals surface area (Å²) < 4.78 is 0. The maximum absolute atomic E-state index is 11.9. The lowest BCUT2D eigenvalue weighted by Crippen LogP contribution is -1.92. The van der Waals surface area contributed by atoms with Crippen molar-refractivity contribution in [1.29, 1.82) is 0 Å². The molecule has 2 aromatic rings. The summed E-state index contributed by atoms with van der Waals surface area (Å²) in [7, 11) is 0. The lowest BCUT2D eigenvalue weighted by atomic mass is 10.1. The Balaban J connectivity index is 2.10. The van der Waals surface area contributed by atoms with Gasteiger partial charge in [0.15, 0.2) is 5.78 Å². The fourth-order valence-electron chi connectivity index (χ4n) is 1.59. The summed E-state index contributed by atoms with van der Waals surface area (Å²) in [5.41, 5.74) is 10.3. The van der Waals surface area contributed by atoms with Crippen LogP contribution in [-0.4, -0.2) is 5.78 Å². The molecular weight excluding hydrogens is 274 g/mol. The van der Waals surface area contributed by atoms with Gasteiger partial charge >= 0.3 is 0 Å². The Kier molecular flexibility index (Phi) is 4.56. The Morgan fingerprint density at radius 2 is 1.75 bits per heavy atom. The lowest BCUT2D eigenvalue weighted by Gasteiger charge is -1.97. The van der Waals surface area contributed by atoms with Gasteiger partial charge in [-0.05, 0) is 41.4 Å². The Morgan fingerprint density at radius 3 is 2.35 bits per heavy atom. The zero-order chi connectivity index (χ0) is 14.4. The van der Waals surface area contributed by atoms with Crippen molar-refractivity contribution in [2.45, 2.75) is 0 Å². The third-order valence-corrected chi connectivity index (χ3v) is 2.86. The standard InChI is InChI=1S/C15H10ClN3O/c16-13-6-4-12(5-7-13)15(20)10-3-11-1-8-14(9-2-11)18-19-17/h1-10H. The highest BCUT2D eigenvalue weighted by Gasteiger charge is 2.00. The van der Waals surface area contributed by atoms with Crippen molar-refractivity contribution in [2.75, 3.05) is 0 Å². The monoisotopic (exact) mass is 283 g/mol. The molecule has 0 unspecified atom stereocenters. The van der Waals surface area contributed by atoms with Crippen LogP contribution in [0.25, 0.3) is 16.5 Å². The second kappa shape index (κ2) is 6.57. The minimum atomic E-state index is -0.0965. The maximum Gasteiger partial charge on any atom is 0.185 e. The van der Waals surface area contributed by atoms with Gasteiger partial charge in [-0.2, -0.15) is 0 Å². The van der Waals surface area contributed by atoms with E-state index in [0.717, 1.165) is 5.56 Å². The summed E-state index contributed by atoms with van der Waals surface area (Å²) in [5, 5.41) is 4.07. The third-order valence-electron chi connectivity index (χ3n) is 2.61. The number of rotatable bonds is 4. The van der Waals surface area contributed by atoms with Crippen LogP contribution in [0.2, 0.25) is 5.02 Å². The number of carbonyl (C=O) groups excluding carboxylic acids is 1. The van der Waals surface area contributed by atoms with Gasteiger partial charge in [0.25, 0.3) is 0 Å². The van der Waals surface area contributed by atoms with Crippen LogP contribution in [0.15, 0.2) is 59.7 Å². The quantitative estimate of drug-likeness (QED) is 0.251. The minimum Gasteiger partial charge on any atom is -0.289 e. The third kappa shape index (κ3) is 3.72. The second-order valence-electron chi connectivity index (χ2n) is 3.99. The van der Waals surface area contributed by atoms with E-state index in [-0.39, 0.29) is 5.78 Å². The highest BCUT2D eigenvalue weighted by atomic mass is 35.5. The van der Waals surface area contributed by atoms with E-state index >= 15 is 0 Å². The van der Waals surface area contributed by atoms with Crippen LogP contribution in [0.5, 0.6) is 0 Å². The van der Waals surface area contributed by atoms with Gasteiger partial charge in [-0.3, -0.25) is 4.79 Å². The maximum atomic E-state index is 11.9. The molecule has 2 aromatic carbocycles. The molecule has 0 bridgehead atoms. The van der Waals surface area contributed by atoms with Crippen LogP contribution in [0.4, 0.5) is 5.69 Å². The zero-order valence-corrected chi connectivity index (χ0v) is 11.2. The van der Waals surface area contributed by atoms with E-state index in [9.17, 15) is 4.79 Å². The first-order chi connectivity index (χ1) is 9.69. The fraction of sp³-hybridized carbons (Fsp3) is 0. The van der Waals surface area contributed by atoms with E-state index in [0.29, 0.717) is 16.3 Å². The molecule has 2 rings (SSSR count). The largest absolute Gasteiger partial charge is 0.289 e. The minimum absolute atomic E-state index is 0.0965. The molecule has 0 spiro atoms. The summed E-state index contributed by atoms with van der Waals surface area (Å²) in [4.78, 5) is 14.6. The fourth-order valence-corrected chi connectivity index (χ4v) is 1.71. The molecule has 0 saturated carbocycles. The molecule has 0 aromatic heterocycles. The number of ketones is 1. The van der Waals surface area contributed by atoms with Crippen LogP contribution in [0.3, 0.4) is 0 Å². The topological polar surface area (TPSA) is 65.8 Å². The first-order valence-electron chi connectivity index (χ1n) is 5.82. The molecule has 0 atom stereocenters. The van der Waals surface area contributed by atoms with Crippen molar-refractivity contribution in [2.24, 2.45) is 5.11 Å². The predicted octanol–water partition coefficient (Wildman–Crippen LogP) is 5.18. The molecule has 0 aliphatic carbocycles. The van der Waals surface area contributed by atoms with Crippen LogP contribution < -0.4 is 0 Å². The van der Waals surface area contributed by atoms with Gasteiger partial charge in [-0.1, -0.05) is 47.1 Å². The molecule has 0 aliphatic rings. The summed E-state index contributed by atoms with van der Waals surface area (Å²) in [5.74, 6) is -0.0965. The number of hydrogen-bond donors (Lipinski definition) is 0. The first kappa shape index (κ1) is 13.9. The van der Waals surface area contributed by atoms with Crippen molar-refractivity contribution in [3.05, 3.63) is 81.2 Å². The van der Waals surface area contributed by atoms with Crippen molar-refractivity contribution in [3.8, 4) is 0 Å². The molecule has 0 amide bonds. The Bertz CT molecular complexity index is 684. The van der Waals surface area contributed by atoms with E-state index < -0.39 is 0 Å². The average molecular weight is 284 g/mol. The molecule has 0 fully saturated rings. The first-order valence-corrected chi connectivity index (χ1v) is 6.20. The van der Waals surface area contributed by atoms with Crippen LogP contribution >= 0.6 is 11.6 Å². The molecule has 0 N–H and O–H groups in total. The number of hydrogen-bond acceptors (Lipinski definition) is 2. The van der Waals surface area contributed by atoms with Crippen molar-refractivity contribution < 1.29 is 4.79 Å². The van der Waals surface area contributed by atoms with E-state index in [2.05, 4.69) is 10.0 Å². The van der Waals surface area contributed by atoms with Gasteiger partial charge < -0.3 is 0 Å². The number of azide groups is 1. The molecule has 0 radical (unpaired) electrons. The zero-order valence-electron chi connectivity index (χ0n) is 10.4. The number of nitrogens with zero attached hydrogens (tertiary/aromatic N) is 3. The van der Waals surface area contributed by atoms with E-state index in [1.807, 2.05) is 0 Å². The molecule has 0 aliphatic heterocycles. The molecular formula is C15H10ClN3O. The van der Waals surface area contributed by atoms with Crippen LogP contribution in [0, 0.1) is 0 Å². The van der Waals surface area contributed by atoms with Gasteiger partial charge in [0.2, 0.25) is 0 Å². The summed E-state index contributed by atoms with van der Waals surface area (Å²) in [6, 6.07) is 13.6. The SMILES string of the molecule is [N-]=[N+]=Nc1ccc(C=CC(=O)c2ccc(Cl)cc2)cc1. The highest BCUT2D eigenvalue weighted by Crippen LogP contribution is 2.15. The van der Waals surface area contributed by atoms with Gasteiger partial charge in [0.1, 0.15) is 0 Å². The molecule has 4 nitrogen and oxygen atoms in total. The van der Waals surface area contributed by atoms with Crippen molar-refractivity contribution in [1.82, 2.24) is 0 Å². The molecule has 5 heteroatoms. The normalized spacial score (nSPS) is 10.2. The van der Waals surface area contributed by atoms with Gasteiger partial charge in [-0.15, -0.1) is 0 Å². The van der Waals surface area contributed by atoms with Crippen LogP contribution in [0.1, 0.15) is 15.9 Å². The Labute approximate surface area is 120 Å². The van der Waals surface area contributed by atoms with Gasteiger partial charge in [-0.25, -0.2) is 0 Å². The summed E-state index contributed by atoms with van der Waals surface area (Å²) in [6.45, 7) is 0. The summed E-state index contributed by atoms with van der Waals surface area (Å²) in [6.07, 6.45) is 3.20. The van der Waals surface area contributed by atoms with E-state index in [1.165, 1.54) is 6.08 Å². The molecule has 0 saturated heterocycles. The van der Waals surface area contributed by atoms with E-state index in [4.69, 9.17) is 17.1 Å². The average Bonchev–Trinajstić information content (AvgIpc) is 2.47.